The van der Waals surface area contributed by atoms with Gasteiger partial charge in [-0.25, -0.2) is 0 Å². The van der Waals surface area contributed by atoms with Crippen LogP contribution < -0.4 is 4.90 Å². The van der Waals surface area contributed by atoms with Crippen LogP contribution >= 0.6 is 0 Å². The van der Waals surface area contributed by atoms with Crippen LogP contribution in [0.1, 0.15) is 24.1 Å². The molecule has 2 fully saturated rings. The van der Waals surface area contributed by atoms with Crippen molar-refractivity contribution in [2.24, 2.45) is 5.41 Å². The van der Waals surface area contributed by atoms with Gasteiger partial charge in [0.05, 0.1) is 17.3 Å². The third-order valence-electron chi connectivity index (χ3n) is 5.26. The largest absolute Gasteiger partial charge is 0.312 e. The molecule has 5 nitrogen and oxygen atoms in total. The number of nitrogens with zero attached hydrogens (tertiary/aromatic N) is 4. The Labute approximate surface area is 147 Å². The van der Waals surface area contributed by atoms with Crippen LogP contribution in [0.2, 0.25) is 0 Å². The summed E-state index contributed by atoms with van der Waals surface area (Å²) in [5.74, 6) is 0.185. The zero-order chi connectivity index (χ0) is 17.3. The Kier molecular flexibility index (Phi) is 3.98. The van der Waals surface area contributed by atoms with Crippen LogP contribution in [0.4, 0.5) is 5.69 Å². The van der Waals surface area contributed by atoms with Crippen LogP contribution in [-0.2, 0) is 11.3 Å². The van der Waals surface area contributed by atoms with Gasteiger partial charge in [0, 0.05) is 43.4 Å². The van der Waals surface area contributed by atoms with Crippen LogP contribution in [0.3, 0.4) is 0 Å². The average molecular weight is 332 g/mol. The summed E-state index contributed by atoms with van der Waals surface area (Å²) in [4.78, 5) is 21.3. The topological polar surface area (TPSA) is 60.2 Å². The molecule has 5 heteroatoms. The van der Waals surface area contributed by atoms with Gasteiger partial charge in [0.2, 0.25) is 5.91 Å². The molecule has 3 heterocycles. The number of aromatic nitrogens is 1. The van der Waals surface area contributed by atoms with Gasteiger partial charge in [-0.2, -0.15) is 5.26 Å². The van der Waals surface area contributed by atoms with E-state index in [2.05, 4.69) is 16.0 Å². The first-order valence-electron chi connectivity index (χ1n) is 8.60. The Balaban J connectivity index is 1.45. The Bertz CT molecular complexity index is 812. The van der Waals surface area contributed by atoms with E-state index in [-0.39, 0.29) is 11.3 Å². The van der Waals surface area contributed by atoms with Crippen molar-refractivity contribution >= 4 is 11.6 Å². The molecule has 0 radical (unpaired) electrons. The molecule has 25 heavy (non-hydrogen) atoms. The van der Waals surface area contributed by atoms with Crippen molar-refractivity contribution in [1.29, 1.82) is 5.26 Å². The van der Waals surface area contributed by atoms with Crippen molar-refractivity contribution in [3.63, 3.8) is 0 Å². The molecule has 1 atom stereocenters. The summed E-state index contributed by atoms with van der Waals surface area (Å²) in [5.41, 5.74) is 2.63. The van der Waals surface area contributed by atoms with Gasteiger partial charge in [-0.05, 0) is 49.4 Å². The number of rotatable bonds is 3. The minimum atomic E-state index is 0.0414. The summed E-state index contributed by atoms with van der Waals surface area (Å²) >= 11 is 0. The van der Waals surface area contributed by atoms with Gasteiger partial charge >= 0.3 is 0 Å². The molecular weight excluding hydrogens is 312 g/mol. The van der Waals surface area contributed by atoms with Gasteiger partial charge in [0.15, 0.2) is 0 Å². The van der Waals surface area contributed by atoms with Crippen LogP contribution in [0.25, 0.3) is 0 Å². The van der Waals surface area contributed by atoms with E-state index in [4.69, 9.17) is 5.26 Å². The summed E-state index contributed by atoms with van der Waals surface area (Å²) in [6, 6.07) is 15.4. The number of carbonyl (C=O) groups excluding carboxylic acids is 1. The minimum absolute atomic E-state index is 0.0414. The lowest BCUT2D eigenvalue weighted by Crippen LogP contribution is -2.31. The molecule has 1 spiro atoms. The van der Waals surface area contributed by atoms with Gasteiger partial charge in [-0.15, -0.1) is 0 Å². The van der Waals surface area contributed by atoms with Crippen molar-refractivity contribution in [3.05, 3.63) is 59.9 Å². The monoisotopic (exact) mass is 332 g/mol. The Morgan fingerprint density at radius 1 is 1.16 bits per heavy atom. The molecule has 2 saturated heterocycles. The first-order valence-corrected chi connectivity index (χ1v) is 8.60. The fourth-order valence-electron chi connectivity index (χ4n) is 4.00. The van der Waals surface area contributed by atoms with Crippen LogP contribution in [0.5, 0.6) is 0 Å². The van der Waals surface area contributed by atoms with Crippen molar-refractivity contribution in [2.75, 3.05) is 24.5 Å². The van der Waals surface area contributed by atoms with E-state index in [1.165, 1.54) is 0 Å². The fraction of sp³-hybridized carbons (Fsp3) is 0.350. The predicted molar refractivity (Wildman–Crippen MR) is 94.7 cm³/mol. The Hall–Kier alpha value is -2.71. The summed E-state index contributed by atoms with van der Waals surface area (Å²) in [6.07, 6.45) is 3.47. The maximum Gasteiger partial charge on any atom is 0.227 e. The van der Waals surface area contributed by atoms with Gasteiger partial charge < -0.3 is 4.90 Å². The highest BCUT2D eigenvalue weighted by Gasteiger charge is 2.47. The van der Waals surface area contributed by atoms with E-state index >= 15 is 0 Å². The first kappa shape index (κ1) is 15.8. The molecular formula is C20H20N4O. The highest BCUT2D eigenvalue weighted by Crippen LogP contribution is 2.42. The quantitative estimate of drug-likeness (QED) is 0.867. The maximum atomic E-state index is 12.6. The minimum Gasteiger partial charge on any atom is -0.312 e. The smallest absolute Gasteiger partial charge is 0.227 e. The molecule has 2 aliphatic heterocycles. The number of nitriles is 1. The number of carbonyl (C=O) groups is 1. The van der Waals surface area contributed by atoms with Crippen molar-refractivity contribution in [2.45, 2.75) is 19.4 Å². The molecule has 126 valence electrons. The van der Waals surface area contributed by atoms with E-state index in [1.807, 2.05) is 41.4 Å². The van der Waals surface area contributed by atoms with E-state index < -0.39 is 0 Å². The van der Waals surface area contributed by atoms with E-state index in [0.717, 1.165) is 44.0 Å². The number of hydrogen-bond acceptors (Lipinski definition) is 4. The second-order valence-electron chi connectivity index (χ2n) is 7.10. The zero-order valence-electron chi connectivity index (χ0n) is 14.1. The Morgan fingerprint density at radius 2 is 2.00 bits per heavy atom. The van der Waals surface area contributed by atoms with Gasteiger partial charge in [-0.1, -0.05) is 6.07 Å². The number of anilines is 1. The van der Waals surface area contributed by atoms with Crippen molar-refractivity contribution in [1.82, 2.24) is 9.88 Å². The highest BCUT2D eigenvalue weighted by molar-refractivity contribution is 5.96. The molecule has 1 amide bonds. The summed E-state index contributed by atoms with van der Waals surface area (Å²) in [7, 11) is 0. The van der Waals surface area contributed by atoms with Gasteiger partial charge in [0.25, 0.3) is 0 Å². The molecule has 4 rings (SSSR count). The maximum absolute atomic E-state index is 12.6. The average Bonchev–Trinajstić information content (AvgIpc) is 3.18. The zero-order valence-corrected chi connectivity index (χ0v) is 14.1. The lowest BCUT2D eigenvalue weighted by atomic mass is 9.86. The number of amides is 1. The van der Waals surface area contributed by atoms with Crippen molar-refractivity contribution < 1.29 is 4.79 Å². The second kappa shape index (κ2) is 6.30. The number of benzene rings is 1. The van der Waals surface area contributed by atoms with Gasteiger partial charge in [-0.3, -0.25) is 14.7 Å². The molecule has 1 aromatic heterocycles. The SMILES string of the molecule is N#Cc1ccc(N2CC3(CCN(Cc4ccccn4)C3)CC2=O)cc1. The third kappa shape index (κ3) is 3.13. The molecule has 0 saturated carbocycles. The first-order chi connectivity index (χ1) is 12.2. The van der Waals surface area contributed by atoms with E-state index in [9.17, 15) is 4.79 Å². The lowest BCUT2D eigenvalue weighted by Gasteiger charge is -2.24. The molecule has 0 N–H and O–H groups in total. The molecule has 0 bridgehead atoms. The molecule has 0 aliphatic carbocycles. The fourth-order valence-corrected chi connectivity index (χ4v) is 4.00. The normalized spacial score (nSPS) is 23.3. The third-order valence-corrected chi connectivity index (χ3v) is 5.26. The van der Waals surface area contributed by atoms with E-state index in [0.29, 0.717) is 12.0 Å². The number of likely N-dealkylation sites (tertiary alicyclic amines) is 1. The van der Waals surface area contributed by atoms with Crippen LogP contribution in [-0.4, -0.2) is 35.4 Å². The highest BCUT2D eigenvalue weighted by atomic mass is 16.2. The van der Waals surface area contributed by atoms with E-state index in [1.54, 1.807) is 12.1 Å². The second-order valence-corrected chi connectivity index (χ2v) is 7.10. The lowest BCUT2D eigenvalue weighted by molar-refractivity contribution is -0.117. The van der Waals surface area contributed by atoms with Gasteiger partial charge in [0.1, 0.15) is 0 Å². The Morgan fingerprint density at radius 3 is 2.72 bits per heavy atom. The van der Waals surface area contributed by atoms with Crippen LogP contribution in [0.15, 0.2) is 48.7 Å². The summed E-state index contributed by atoms with van der Waals surface area (Å²) in [6.45, 7) is 3.54. The molecule has 2 aromatic rings. The number of hydrogen-bond donors (Lipinski definition) is 0. The summed E-state index contributed by atoms with van der Waals surface area (Å²) < 4.78 is 0. The number of pyridine rings is 1. The molecule has 1 unspecified atom stereocenters. The molecule has 2 aliphatic rings. The predicted octanol–water partition coefficient (Wildman–Crippen LogP) is 2.58. The van der Waals surface area contributed by atoms with Crippen molar-refractivity contribution in [3.8, 4) is 6.07 Å². The standard InChI is InChI=1S/C20H20N4O/c21-12-16-4-6-18(7-5-16)24-15-20(11-19(24)25)8-10-23(14-20)13-17-3-1-2-9-22-17/h1-7,9H,8,10-11,13-15H2. The molecule has 1 aromatic carbocycles. The van der Waals surface area contributed by atoms with Crippen LogP contribution in [0, 0.1) is 16.7 Å². The summed E-state index contributed by atoms with van der Waals surface area (Å²) in [5, 5.41) is 8.92.